The van der Waals surface area contributed by atoms with Crippen molar-refractivity contribution in [3.05, 3.63) is 11.6 Å². The summed E-state index contributed by atoms with van der Waals surface area (Å²) in [6, 6.07) is 0. The molecule has 0 saturated heterocycles. The van der Waals surface area contributed by atoms with Crippen molar-refractivity contribution >= 4 is 5.97 Å². The van der Waals surface area contributed by atoms with Crippen LogP contribution in [0.2, 0.25) is 0 Å². The molecule has 3 heteroatoms. The third-order valence-electron chi connectivity index (χ3n) is 3.01. The van der Waals surface area contributed by atoms with Gasteiger partial charge in [0.1, 0.15) is 0 Å². The van der Waals surface area contributed by atoms with Gasteiger partial charge in [-0.25, -0.2) is 0 Å². The second-order valence-corrected chi connectivity index (χ2v) is 5.45. The summed E-state index contributed by atoms with van der Waals surface area (Å²) >= 11 is 0. The van der Waals surface area contributed by atoms with Gasteiger partial charge in [0, 0.05) is 0 Å². The van der Waals surface area contributed by atoms with E-state index in [2.05, 4.69) is 6.08 Å². The molecule has 2 atom stereocenters. The van der Waals surface area contributed by atoms with Crippen LogP contribution in [0.3, 0.4) is 0 Å². The van der Waals surface area contributed by atoms with Gasteiger partial charge in [-0.2, -0.15) is 0 Å². The van der Waals surface area contributed by atoms with Gasteiger partial charge in [-0.15, -0.1) is 0 Å². The first-order valence-corrected chi connectivity index (χ1v) is 6.33. The quantitative estimate of drug-likeness (QED) is 0.641. The van der Waals surface area contributed by atoms with Gasteiger partial charge in [-0.1, -0.05) is 18.6 Å². The van der Waals surface area contributed by atoms with Gasteiger partial charge in [-0.05, 0) is 52.9 Å². The standard InChI is InChI=1S/C14H26O3/c1-11(2)7-5-9-14(4,17)10-6-8-12(3)13(15)16/h7,12,17H,5-6,8-10H2,1-4H3,(H,15,16). The zero-order valence-electron chi connectivity index (χ0n) is 11.5. The Bertz CT molecular complexity index is 263. The summed E-state index contributed by atoms with van der Waals surface area (Å²) in [4.78, 5) is 10.6. The van der Waals surface area contributed by atoms with Crippen molar-refractivity contribution in [3.8, 4) is 0 Å². The Morgan fingerprint density at radius 2 is 1.94 bits per heavy atom. The van der Waals surface area contributed by atoms with Crippen LogP contribution in [0.5, 0.6) is 0 Å². The number of allylic oxidation sites excluding steroid dienone is 2. The minimum absolute atomic E-state index is 0.316. The van der Waals surface area contributed by atoms with Gasteiger partial charge in [0.2, 0.25) is 0 Å². The fraction of sp³-hybridized carbons (Fsp3) is 0.786. The van der Waals surface area contributed by atoms with E-state index in [1.165, 1.54) is 5.57 Å². The Morgan fingerprint density at radius 1 is 1.35 bits per heavy atom. The molecule has 17 heavy (non-hydrogen) atoms. The minimum Gasteiger partial charge on any atom is -0.481 e. The van der Waals surface area contributed by atoms with Crippen LogP contribution in [0.15, 0.2) is 11.6 Å². The van der Waals surface area contributed by atoms with Crippen molar-refractivity contribution in [3.63, 3.8) is 0 Å². The van der Waals surface area contributed by atoms with Crippen LogP contribution < -0.4 is 0 Å². The Morgan fingerprint density at radius 3 is 2.41 bits per heavy atom. The lowest BCUT2D eigenvalue weighted by Gasteiger charge is -2.23. The van der Waals surface area contributed by atoms with Crippen molar-refractivity contribution < 1.29 is 15.0 Å². The maximum absolute atomic E-state index is 10.6. The van der Waals surface area contributed by atoms with Gasteiger partial charge in [0.15, 0.2) is 0 Å². The number of carboxylic acids is 1. The number of aliphatic hydroxyl groups is 1. The van der Waals surface area contributed by atoms with Crippen molar-refractivity contribution in [2.24, 2.45) is 5.92 Å². The van der Waals surface area contributed by atoms with E-state index in [-0.39, 0.29) is 5.92 Å². The highest BCUT2D eigenvalue weighted by Gasteiger charge is 2.20. The predicted octanol–water partition coefficient (Wildman–Crippen LogP) is 3.37. The zero-order valence-corrected chi connectivity index (χ0v) is 11.5. The van der Waals surface area contributed by atoms with Crippen LogP contribution >= 0.6 is 0 Å². The zero-order chi connectivity index (χ0) is 13.5. The van der Waals surface area contributed by atoms with Crippen LogP contribution in [-0.2, 0) is 4.79 Å². The van der Waals surface area contributed by atoms with Crippen LogP contribution in [0.4, 0.5) is 0 Å². The van der Waals surface area contributed by atoms with E-state index in [4.69, 9.17) is 5.11 Å². The van der Waals surface area contributed by atoms with Crippen LogP contribution in [-0.4, -0.2) is 21.8 Å². The molecule has 2 unspecified atom stereocenters. The number of carboxylic acid groups (broad SMARTS) is 1. The second kappa shape index (κ2) is 7.49. The van der Waals surface area contributed by atoms with E-state index in [1.807, 2.05) is 20.8 Å². The molecule has 0 aromatic carbocycles. The van der Waals surface area contributed by atoms with Gasteiger partial charge in [0.05, 0.1) is 11.5 Å². The molecule has 0 amide bonds. The highest BCUT2D eigenvalue weighted by atomic mass is 16.4. The molecule has 0 spiro atoms. The molecule has 2 N–H and O–H groups in total. The molecule has 3 nitrogen and oxygen atoms in total. The summed E-state index contributed by atoms with van der Waals surface area (Å²) in [5.41, 5.74) is 0.588. The molecule has 100 valence electrons. The maximum Gasteiger partial charge on any atom is 0.306 e. The summed E-state index contributed by atoms with van der Waals surface area (Å²) in [5, 5.41) is 18.8. The van der Waals surface area contributed by atoms with E-state index < -0.39 is 11.6 Å². The summed E-state index contributed by atoms with van der Waals surface area (Å²) in [6.45, 7) is 7.63. The first-order valence-electron chi connectivity index (χ1n) is 6.33. The predicted molar refractivity (Wildman–Crippen MR) is 69.9 cm³/mol. The Balaban J connectivity index is 3.85. The average molecular weight is 242 g/mol. The Labute approximate surface area is 105 Å². The Hall–Kier alpha value is -0.830. The second-order valence-electron chi connectivity index (χ2n) is 5.45. The SMILES string of the molecule is CC(C)=CCCC(C)(O)CCCC(C)C(=O)O. The molecule has 0 heterocycles. The first-order chi connectivity index (χ1) is 7.74. The van der Waals surface area contributed by atoms with E-state index in [1.54, 1.807) is 6.92 Å². The fourth-order valence-electron chi connectivity index (χ4n) is 1.71. The molecule has 0 aliphatic heterocycles. The number of aliphatic carboxylic acids is 1. The highest BCUT2D eigenvalue weighted by Crippen LogP contribution is 2.22. The number of hydrogen-bond donors (Lipinski definition) is 2. The summed E-state index contributed by atoms with van der Waals surface area (Å²) in [5.74, 6) is -1.07. The maximum atomic E-state index is 10.6. The van der Waals surface area contributed by atoms with Gasteiger partial charge < -0.3 is 10.2 Å². The number of rotatable bonds is 8. The van der Waals surface area contributed by atoms with Gasteiger partial charge in [-0.3, -0.25) is 4.79 Å². The van der Waals surface area contributed by atoms with Crippen molar-refractivity contribution in [2.45, 2.75) is 65.4 Å². The highest BCUT2D eigenvalue weighted by molar-refractivity contribution is 5.69. The van der Waals surface area contributed by atoms with Crippen molar-refractivity contribution in [2.75, 3.05) is 0 Å². The molecule has 0 saturated carbocycles. The van der Waals surface area contributed by atoms with Crippen LogP contribution in [0.1, 0.15) is 59.8 Å². The molecule has 0 radical (unpaired) electrons. The van der Waals surface area contributed by atoms with Crippen molar-refractivity contribution in [1.29, 1.82) is 0 Å². The first kappa shape index (κ1) is 16.2. The molecule has 0 bridgehead atoms. The number of carbonyl (C=O) groups is 1. The van der Waals surface area contributed by atoms with E-state index in [0.29, 0.717) is 12.8 Å². The normalized spacial score (nSPS) is 16.1. The lowest BCUT2D eigenvalue weighted by atomic mass is 9.91. The lowest BCUT2D eigenvalue weighted by molar-refractivity contribution is -0.141. The summed E-state index contributed by atoms with van der Waals surface area (Å²) in [6.07, 6.45) is 5.79. The monoisotopic (exact) mass is 242 g/mol. The molecule has 0 fully saturated rings. The lowest BCUT2D eigenvalue weighted by Crippen LogP contribution is -2.24. The van der Waals surface area contributed by atoms with Crippen LogP contribution in [0.25, 0.3) is 0 Å². The van der Waals surface area contributed by atoms with E-state index >= 15 is 0 Å². The summed E-state index contributed by atoms with van der Waals surface area (Å²) in [7, 11) is 0. The summed E-state index contributed by atoms with van der Waals surface area (Å²) < 4.78 is 0. The average Bonchev–Trinajstić information content (AvgIpc) is 2.15. The molecule has 0 aromatic heterocycles. The van der Waals surface area contributed by atoms with Gasteiger partial charge in [0.25, 0.3) is 0 Å². The van der Waals surface area contributed by atoms with E-state index in [9.17, 15) is 9.90 Å². The molecule has 0 rings (SSSR count). The molecule has 0 aromatic rings. The van der Waals surface area contributed by atoms with E-state index in [0.717, 1.165) is 19.3 Å². The smallest absolute Gasteiger partial charge is 0.306 e. The third-order valence-corrected chi connectivity index (χ3v) is 3.01. The topological polar surface area (TPSA) is 57.5 Å². The largest absolute Gasteiger partial charge is 0.481 e. The van der Waals surface area contributed by atoms with Crippen molar-refractivity contribution in [1.82, 2.24) is 0 Å². The molecule has 0 aliphatic carbocycles. The molecule has 0 aliphatic rings. The molecular formula is C14H26O3. The fourth-order valence-corrected chi connectivity index (χ4v) is 1.71. The number of hydrogen-bond acceptors (Lipinski definition) is 2. The third kappa shape index (κ3) is 8.93. The minimum atomic E-state index is -0.755. The molecular weight excluding hydrogens is 216 g/mol. The Kier molecular flexibility index (Phi) is 7.12. The van der Waals surface area contributed by atoms with Crippen LogP contribution in [0, 0.1) is 5.92 Å². The van der Waals surface area contributed by atoms with Gasteiger partial charge >= 0.3 is 5.97 Å².